The second kappa shape index (κ2) is 12.7. The fourth-order valence-electron chi connectivity index (χ4n) is 5.01. The van der Waals surface area contributed by atoms with Gasteiger partial charge in [-0.15, -0.1) is 0 Å². The predicted octanol–water partition coefficient (Wildman–Crippen LogP) is 4.12. The van der Waals surface area contributed by atoms with Crippen LogP contribution in [0.1, 0.15) is 45.4 Å². The van der Waals surface area contributed by atoms with Crippen molar-refractivity contribution in [2.75, 3.05) is 43.1 Å². The summed E-state index contributed by atoms with van der Waals surface area (Å²) in [5.74, 6) is -0.580. The highest BCUT2D eigenvalue weighted by molar-refractivity contribution is 6.13. The number of alkyl halides is 1. The third-order valence-electron chi connectivity index (χ3n) is 7.53. The number of hydrogen-bond acceptors (Lipinski definition) is 8. The van der Waals surface area contributed by atoms with Crippen LogP contribution in [-0.4, -0.2) is 65.7 Å². The molecule has 3 heterocycles. The topological polar surface area (TPSA) is 121 Å². The standard InChI is InChI=1S/C29H35F2N7O3/c1-2-4-19(5-3-11-30)35-27(39)29(9-10-29)28(40)36-20-6-7-22(21(31)17-20)41-23-8-12-33-26-25(23)34-18-24(37-26)38-15-13-32-14-16-38/h6-8,12,17-19,32H,2-5,9-11,13-16H2,1H3,(H,35,39)(H,36,40). The summed E-state index contributed by atoms with van der Waals surface area (Å²) in [7, 11) is 0. The second-order valence-electron chi connectivity index (χ2n) is 10.5. The molecule has 41 heavy (non-hydrogen) atoms. The highest BCUT2D eigenvalue weighted by Gasteiger charge is 2.56. The Bertz CT molecular complexity index is 1400. The van der Waals surface area contributed by atoms with Crippen LogP contribution in [0.2, 0.25) is 0 Å². The van der Waals surface area contributed by atoms with Gasteiger partial charge in [-0.3, -0.25) is 14.0 Å². The van der Waals surface area contributed by atoms with Crippen LogP contribution >= 0.6 is 0 Å². The van der Waals surface area contributed by atoms with E-state index in [1.165, 1.54) is 18.3 Å². The molecule has 12 heteroatoms. The molecule has 2 aromatic heterocycles. The number of ether oxygens (including phenoxy) is 1. The Morgan fingerprint density at radius 1 is 1.12 bits per heavy atom. The molecule has 1 saturated carbocycles. The van der Waals surface area contributed by atoms with Crippen molar-refractivity contribution in [2.24, 2.45) is 5.41 Å². The van der Waals surface area contributed by atoms with E-state index in [0.717, 1.165) is 44.5 Å². The molecule has 0 bridgehead atoms. The molecule has 1 atom stereocenters. The number of carbonyl (C=O) groups is 2. The molecule has 2 aliphatic rings. The molecule has 1 unspecified atom stereocenters. The van der Waals surface area contributed by atoms with Crippen LogP contribution in [0, 0.1) is 11.2 Å². The van der Waals surface area contributed by atoms with Crippen molar-refractivity contribution in [3.8, 4) is 11.5 Å². The number of fused-ring (bicyclic) bond motifs is 1. The summed E-state index contributed by atoms with van der Waals surface area (Å²) in [6.45, 7) is 4.90. The maximum absolute atomic E-state index is 15.1. The number of benzene rings is 1. The number of carbonyl (C=O) groups excluding carboxylic acids is 2. The highest BCUT2D eigenvalue weighted by atomic mass is 19.1. The van der Waals surface area contributed by atoms with Crippen LogP contribution in [0.4, 0.5) is 20.3 Å². The molecular formula is C29H35F2N7O3. The maximum atomic E-state index is 15.1. The Kier molecular flexibility index (Phi) is 8.87. The molecule has 2 fully saturated rings. The molecule has 3 N–H and O–H groups in total. The number of nitrogens with one attached hydrogen (secondary N) is 3. The fraction of sp³-hybridized carbons (Fsp3) is 0.483. The summed E-state index contributed by atoms with van der Waals surface area (Å²) >= 11 is 0. The lowest BCUT2D eigenvalue weighted by atomic mass is 10.0. The van der Waals surface area contributed by atoms with Crippen LogP contribution in [0.5, 0.6) is 11.5 Å². The lowest BCUT2D eigenvalue weighted by molar-refractivity contribution is -0.135. The van der Waals surface area contributed by atoms with E-state index < -0.39 is 23.8 Å². The first-order valence-corrected chi connectivity index (χ1v) is 14.2. The zero-order valence-corrected chi connectivity index (χ0v) is 23.1. The van der Waals surface area contributed by atoms with Gasteiger partial charge in [0.1, 0.15) is 11.2 Å². The van der Waals surface area contributed by atoms with E-state index in [0.29, 0.717) is 49.0 Å². The minimum atomic E-state index is -1.19. The minimum absolute atomic E-state index is 0.0578. The summed E-state index contributed by atoms with van der Waals surface area (Å²) in [4.78, 5) is 41.5. The molecule has 218 valence electrons. The quantitative estimate of drug-likeness (QED) is 0.280. The van der Waals surface area contributed by atoms with Gasteiger partial charge in [0.05, 0.1) is 12.9 Å². The second-order valence-corrected chi connectivity index (χ2v) is 10.5. The van der Waals surface area contributed by atoms with E-state index in [4.69, 9.17) is 4.74 Å². The van der Waals surface area contributed by atoms with E-state index in [-0.39, 0.29) is 23.4 Å². The van der Waals surface area contributed by atoms with Crippen molar-refractivity contribution in [1.29, 1.82) is 0 Å². The van der Waals surface area contributed by atoms with E-state index >= 15 is 4.39 Å². The van der Waals surface area contributed by atoms with Gasteiger partial charge in [-0.1, -0.05) is 13.3 Å². The fourth-order valence-corrected chi connectivity index (χ4v) is 5.01. The summed E-state index contributed by atoms with van der Waals surface area (Å²) in [5.41, 5.74) is -0.188. The van der Waals surface area contributed by atoms with Crippen molar-refractivity contribution in [3.63, 3.8) is 0 Å². The van der Waals surface area contributed by atoms with Crippen molar-refractivity contribution in [3.05, 3.63) is 42.5 Å². The van der Waals surface area contributed by atoms with Crippen molar-refractivity contribution >= 4 is 34.5 Å². The number of anilines is 2. The van der Waals surface area contributed by atoms with E-state index in [1.807, 2.05) is 6.92 Å². The first kappa shape index (κ1) is 28.6. The third-order valence-corrected chi connectivity index (χ3v) is 7.53. The number of amides is 2. The zero-order valence-electron chi connectivity index (χ0n) is 23.1. The third kappa shape index (κ3) is 6.53. The number of nitrogens with zero attached hydrogens (tertiary/aromatic N) is 4. The maximum Gasteiger partial charge on any atom is 0.240 e. The molecule has 10 nitrogen and oxygen atoms in total. The number of pyridine rings is 1. The summed E-state index contributed by atoms with van der Waals surface area (Å²) < 4.78 is 33.6. The number of rotatable bonds is 12. The van der Waals surface area contributed by atoms with Crippen LogP contribution < -0.4 is 25.6 Å². The molecular weight excluding hydrogens is 532 g/mol. The molecule has 0 radical (unpaired) electrons. The average Bonchev–Trinajstić information content (AvgIpc) is 3.80. The number of aromatic nitrogens is 3. The van der Waals surface area contributed by atoms with Gasteiger partial charge in [-0.2, -0.15) is 0 Å². The Balaban J connectivity index is 1.25. The number of piperazine rings is 1. The average molecular weight is 568 g/mol. The van der Waals surface area contributed by atoms with E-state index in [9.17, 15) is 14.0 Å². The van der Waals surface area contributed by atoms with Gasteiger partial charge in [0.2, 0.25) is 11.8 Å². The number of hydrogen-bond donors (Lipinski definition) is 3. The monoisotopic (exact) mass is 567 g/mol. The van der Waals surface area contributed by atoms with Gasteiger partial charge in [0.25, 0.3) is 0 Å². The normalized spacial score (nSPS) is 16.7. The predicted molar refractivity (Wildman–Crippen MR) is 151 cm³/mol. The lowest BCUT2D eigenvalue weighted by Crippen LogP contribution is -2.44. The first-order chi connectivity index (χ1) is 19.9. The number of halogens is 2. The Hall–Kier alpha value is -3.93. The van der Waals surface area contributed by atoms with Gasteiger partial charge in [-0.25, -0.2) is 19.3 Å². The van der Waals surface area contributed by atoms with Crippen LogP contribution in [-0.2, 0) is 9.59 Å². The molecule has 3 aromatic rings. The highest BCUT2D eigenvalue weighted by Crippen LogP contribution is 2.47. The van der Waals surface area contributed by atoms with Crippen molar-refractivity contribution in [2.45, 2.75) is 51.5 Å². The molecule has 1 aromatic carbocycles. The van der Waals surface area contributed by atoms with E-state index in [1.54, 1.807) is 12.3 Å². The van der Waals surface area contributed by atoms with Gasteiger partial charge in [0.15, 0.2) is 28.5 Å². The Labute approximate surface area is 237 Å². The summed E-state index contributed by atoms with van der Waals surface area (Å²) in [5, 5.41) is 8.90. The van der Waals surface area contributed by atoms with Gasteiger partial charge < -0.3 is 25.6 Å². The van der Waals surface area contributed by atoms with Gasteiger partial charge >= 0.3 is 0 Å². The molecule has 1 aliphatic heterocycles. The van der Waals surface area contributed by atoms with Crippen LogP contribution in [0.3, 0.4) is 0 Å². The molecule has 5 rings (SSSR count). The molecule has 2 amide bonds. The Morgan fingerprint density at radius 2 is 1.93 bits per heavy atom. The minimum Gasteiger partial charge on any atom is -0.452 e. The van der Waals surface area contributed by atoms with Crippen molar-refractivity contribution < 1.29 is 23.1 Å². The van der Waals surface area contributed by atoms with E-state index in [2.05, 4.69) is 35.8 Å². The van der Waals surface area contributed by atoms with Gasteiger partial charge in [-0.05, 0) is 44.2 Å². The summed E-state index contributed by atoms with van der Waals surface area (Å²) in [6.07, 6.45) is 6.43. The molecule has 1 aliphatic carbocycles. The zero-order chi connectivity index (χ0) is 28.8. The summed E-state index contributed by atoms with van der Waals surface area (Å²) in [6, 6.07) is 5.49. The first-order valence-electron chi connectivity index (χ1n) is 14.2. The SMILES string of the molecule is CCCC(CCCF)NC(=O)C1(C(=O)Nc2ccc(Oc3ccnc4nc(N5CCNCC5)cnc34)c(F)c2)CC1. The van der Waals surface area contributed by atoms with Gasteiger partial charge in [0, 0.05) is 56.2 Å². The molecule has 0 spiro atoms. The smallest absolute Gasteiger partial charge is 0.240 e. The largest absolute Gasteiger partial charge is 0.452 e. The lowest BCUT2D eigenvalue weighted by Gasteiger charge is -2.28. The molecule has 1 saturated heterocycles. The van der Waals surface area contributed by atoms with Crippen LogP contribution in [0.15, 0.2) is 36.7 Å². The van der Waals surface area contributed by atoms with Crippen LogP contribution in [0.25, 0.3) is 11.2 Å². The Morgan fingerprint density at radius 3 is 2.63 bits per heavy atom. The van der Waals surface area contributed by atoms with Crippen molar-refractivity contribution in [1.82, 2.24) is 25.6 Å².